The van der Waals surface area contributed by atoms with Gasteiger partial charge < -0.3 is 16.4 Å². The average molecular weight is 547 g/mol. The highest BCUT2D eigenvalue weighted by Gasteiger charge is 2.38. The number of nitriles is 1. The van der Waals surface area contributed by atoms with E-state index >= 15 is 0 Å². The van der Waals surface area contributed by atoms with Crippen LogP contribution in [-0.2, 0) is 9.59 Å². The van der Waals surface area contributed by atoms with Crippen LogP contribution in [0.1, 0.15) is 37.8 Å². The summed E-state index contributed by atoms with van der Waals surface area (Å²) in [5.41, 5.74) is 12.1. The van der Waals surface area contributed by atoms with Crippen molar-refractivity contribution in [3.05, 3.63) is 84.0 Å². The number of nitrogens with one attached hydrogen (secondary N) is 2. The molecule has 4 aromatic rings. The topological polar surface area (TPSA) is 141 Å². The molecular formula is C31H30N8O2. The average Bonchev–Trinajstić information content (AvgIpc) is 3.40. The number of nitrogen functional groups attached to an aromatic ring is 1. The van der Waals surface area contributed by atoms with Crippen molar-refractivity contribution in [3.8, 4) is 17.2 Å². The maximum atomic E-state index is 13.4. The minimum atomic E-state index is -1.02. The van der Waals surface area contributed by atoms with Gasteiger partial charge >= 0.3 is 0 Å². The molecule has 0 aliphatic carbocycles. The van der Waals surface area contributed by atoms with Crippen molar-refractivity contribution in [1.29, 1.82) is 5.26 Å². The Morgan fingerprint density at radius 1 is 1.12 bits per heavy atom. The highest BCUT2D eigenvalue weighted by molar-refractivity contribution is 6.14. The zero-order chi connectivity index (χ0) is 28.5. The van der Waals surface area contributed by atoms with Gasteiger partial charge in [0.1, 0.15) is 17.8 Å². The number of carbonyl (C=O) groups excluding carboxylic acids is 2. The van der Waals surface area contributed by atoms with Gasteiger partial charge in [-0.2, -0.15) is 10.4 Å². The van der Waals surface area contributed by atoms with Crippen LogP contribution < -0.4 is 21.3 Å². The van der Waals surface area contributed by atoms with Gasteiger partial charge in [0.2, 0.25) is 11.8 Å². The summed E-state index contributed by atoms with van der Waals surface area (Å²) in [6.07, 6.45) is 3.58. The molecule has 1 atom stereocenters. The van der Waals surface area contributed by atoms with Crippen molar-refractivity contribution in [2.75, 3.05) is 29.0 Å². The zero-order valence-electron chi connectivity index (χ0n) is 22.7. The van der Waals surface area contributed by atoms with E-state index < -0.39 is 11.8 Å². The molecule has 4 N–H and O–H groups in total. The second kappa shape index (κ2) is 10.9. The number of anilines is 3. The first kappa shape index (κ1) is 26.2. The molecule has 0 radical (unpaired) electrons. The number of hydrogen-bond acceptors (Lipinski definition) is 7. The van der Waals surface area contributed by atoms with Gasteiger partial charge in [-0.1, -0.05) is 30.3 Å². The summed E-state index contributed by atoms with van der Waals surface area (Å²) >= 11 is 0. The van der Waals surface area contributed by atoms with Gasteiger partial charge in [-0.25, -0.2) is 9.50 Å². The van der Waals surface area contributed by atoms with Gasteiger partial charge in [-0.3, -0.25) is 14.5 Å². The number of aromatic nitrogens is 3. The molecule has 2 aliphatic heterocycles. The van der Waals surface area contributed by atoms with Crippen LogP contribution in [0, 0.1) is 17.2 Å². The molecule has 41 heavy (non-hydrogen) atoms. The normalized spacial score (nSPS) is 18.0. The Labute approximate surface area is 237 Å². The zero-order valence-corrected chi connectivity index (χ0v) is 22.7. The van der Waals surface area contributed by atoms with E-state index in [1.165, 1.54) is 11.2 Å². The Balaban J connectivity index is 1.26. The van der Waals surface area contributed by atoms with Gasteiger partial charge in [0.25, 0.3) is 0 Å². The molecule has 2 aliphatic rings. The molecule has 0 saturated carbocycles. The number of carbonyl (C=O) groups is 2. The van der Waals surface area contributed by atoms with Crippen LogP contribution in [0.25, 0.3) is 16.6 Å². The first-order chi connectivity index (χ1) is 20.0. The Morgan fingerprint density at radius 3 is 2.56 bits per heavy atom. The number of para-hydroxylation sites is 1. The fourth-order valence-corrected chi connectivity index (χ4v) is 5.81. The van der Waals surface area contributed by atoms with Gasteiger partial charge in [-0.05, 0) is 68.8 Å². The maximum Gasteiger partial charge on any atom is 0.244 e. The van der Waals surface area contributed by atoms with Crippen molar-refractivity contribution < 1.29 is 9.59 Å². The largest absolute Gasteiger partial charge is 0.382 e. The standard InChI is InChI=1S/C31H30N8O2/c1-19-22(17-32)15-26(31(41)38(19)24-5-3-2-4-6-24)30(40)37-23-9-7-20(8-10-23)25-16-27(21-11-13-34-14-12-21)39-28(25)29(33)35-18-36-39/h2-10,16,18,21,26,34H,11-15H2,1H3,(H,37,40)(H2,33,35,36). The molecule has 1 saturated heterocycles. The molecule has 206 valence electrons. The predicted molar refractivity (Wildman–Crippen MR) is 157 cm³/mol. The second-order valence-corrected chi connectivity index (χ2v) is 10.4. The monoisotopic (exact) mass is 546 g/mol. The van der Waals surface area contributed by atoms with Gasteiger partial charge in [-0.15, -0.1) is 0 Å². The van der Waals surface area contributed by atoms with E-state index in [1.54, 1.807) is 31.2 Å². The molecule has 1 fully saturated rings. The number of amides is 2. The number of nitrogens with zero attached hydrogens (tertiary/aromatic N) is 5. The summed E-state index contributed by atoms with van der Waals surface area (Å²) < 4.78 is 1.90. The van der Waals surface area contributed by atoms with Crippen LogP contribution >= 0.6 is 0 Å². The van der Waals surface area contributed by atoms with E-state index in [0.717, 1.165) is 48.3 Å². The lowest BCUT2D eigenvalue weighted by atomic mass is 9.91. The highest BCUT2D eigenvalue weighted by Crippen LogP contribution is 2.36. The number of nitrogens with two attached hydrogens (primary N) is 1. The maximum absolute atomic E-state index is 13.4. The number of allylic oxidation sites excluding steroid dienone is 2. The number of rotatable bonds is 5. The van der Waals surface area contributed by atoms with E-state index in [4.69, 9.17) is 5.73 Å². The number of piperidine rings is 1. The second-order valence-electron chi connectivity index (χ2n) is 10.4. The van der Waals surface area contributed by atoms with Crippen LogP contribution in [0.15, 0.2) is 78.3 Å². The molecule has 6 rings (SSSR count). The number of benzene rings is 2. The summed E-state index contributed by atoms with van der Waals surface area (Å²) in [6, 6.07) is 20.8. The van der Waals surface area contributed by atoms with Crippen LogP contribution in [0.4, 0.5) is 17.2 Å². The van der Waals surface area contributed by atoms with E-state index in [-0.39, 0.29) is 12.3 Å². The minimum Gasteiger partial charge on any atom is -0.382 e. The fraction of sp³-hybridized carbons (Fsp3) is 0.258. The van der Waals surface area contributed by atoms with E-state index in [2.05, 4.69) is 32.9 Å². The molecule has 2 amide bonds. The van der Waals surface area contributed by atoms with Crippen LogP contribution in [0.5, 0.6) is 0 Å². The molecule has 0 bridgehead atoms. The Bertz CT molecular complexity index is 1700. The number of fused-ring (bicyclic) bond motifs is 1. The summed E-state index contributed by atoms with van der Waals surface area (Å²) in [6.45, 7) is 3.65. The summed E-state index contributed by atoms with van der Waals surface area (Å²) in [5.74, 6) is -1.06. The van der Waals surface area contributed by atoms with E-state index in [9.17, 15) is 14.9 Å². The van der Waals surface area contributed by atoms with Gasteiger partial charge in [0.05, 0.1) is 11.6 Å². The van der Waals surface area contributed by atoms with E-state index in [1.807, 2.05) is 34.8 Å². The highest BCUT2D eigenvalue weighted by atomic mass is 16.2. The van der Waals surface area contributed by atoms with Gasteiger partial charge in [0.15, 0.2) is 5.82 Å². The smallest absolute Gasteiger partial charge is 0.244 e. The van der Waals surface area contributed by atoms with Crippen LogP contribution in [0.2, 0.25) is 0 Å². The van der Waals surface area contributed by atoms with Crippen LogP contribution in [-0.4, -0.2) is 39.5 Å². The van der Waals surface area contributed by atoms with E-state index in [0.29, 0.717) is 34.4 Å². The molecule has 1 unspecified atom stereocenters. The van der Waals surface area contributed by atoms with Crippen LogP contribution in [0.3, 0.4) is 0 Å². The Morgan fingerprint density at radius 2 is 1.85 bits per heavy atom. The van der Waals surface area contributed by atoms with Gasteiger partial charge in [0, 0.05) is 40.7 Å². The van der Waals surface area contributed by atoms with Crippen molar-refractivity contribution in [2.45, 2.75) is 32.1 Å². The lowest BCUT2D eigenvalue weighted by Gasteiger charge is -2.32. The third-order valence-corrected chi connectivity index (χ3v) is 8.00. The first-order valence-corrected chi connectivity index (χ1v) is 13.7. The summed E-state index contributed by atoms with van der Waals surface area (Å²) in [7, 11) is 0. The summed E-state index contributed by atoms with van der Waals surface area (Å²) in [4.78, 5) is 32.5. The fourth-order valence-electron chi connectivity index (χ4n) is 5.81. The van der Waals surface area contributed by atoms with Crippen molar-refractivity contribution in [1.82, 2.24) is 19.9 Å². The Hall–Kier alpha value is -5.01. The summed E-state index contributed by atoms with van der Waals surface area (Å²) in [5, 5.41) is 20.5. The minimum absolute atomic E-state index is 0.0594. The molecule has 2 aromatic heterocycles. The Kier molecular flexibility index (Phi) is 6.95. The lowest BCUT2D eigenvalue weighted by Crippen LogP contribution is -2.44. The number of hydrogen-bond donors (Lipinski definition) is 3. The first-order valence-electron chi connectivity index (χ1n) is 13.7. The van der Waals surface area contributed by atoms with Crippen molar-refractivity contribution in [2.24, 2.45) is 5.92 Å². The lowest BCUT2D eigenvalue weighted by molar-refractivity contribution is -0.130. The molecule has 2 aromatic carbocycles. The molecule has 10 heteroatoms. The molecular weight excluding hydrogens is 516 g/mol. The molecule has 0 spiro atoms. The predicted octanol–water partition coefficient (Wildman–Crippen LogP) is 4.23. The SMILES string of the molecule is CC1=C(C#N)CC(C(=O)Nc2ccc(-c3cc(C4CCNCC4)n4ncnc(N)c34)cc2)C(=O)N1c1ccccc1. The third kappa shape index (κ3) is 4.81. The van der Waals surface area contributed by atoms with Crippen molar-refractivity contribution in [3.63, 3.8) is 0 Å². The third-order valence-electron chi connectivity index (χ3n) is 8.00. The van der Waals surface area contributed by atoms with Crippen molar-refractivity contribution >= 4 is 34.5 Å². The quantitative estimate of drug-likeness (QED) is 0.318. The molecule has 4 heterocycles. The molecule has 10 nitrogen and oxygen atoms in total.